The first kappa shape index (κ1) is 18.5. The summed E-state index contributed by atoms with van der Waals surface area (Å²) in [5.41, 5.74) is 1.15. The molecule has 0 bridgehead atoms. The monoisotopic (exact) mass is 392 g/mol. The van der Waals surface area contributed by atoms with Crippen molar-refractivity contribution in [3.8, 4) is 0 Å². The highest BCUT2D eigenvalue weighted by Gasteiger charge is 2.28. The maximum absolute atomic E-state index is 12.7. The van der Waals surface area contributed by atoms with Crippen molar-refractivity contribution in [2.24, 2.45) is 0 Å². The maximum atomic E-state index is 12.7. The maximum Gasteiger partial charge on any atom is 0.292 e. The number of halogens is 1. The van der Waals surface area contributed by atoms with Gasteiger partial charge < -0.3 is 10.2 Å². The van der Waals surface area contributed by atoms with Gasteiger partial charge in [-0.3, -0.25) is 14.4 Å². The zero-order valence-electron chi connectivity index (χ0n) is 14.3. The quantitative estimate of drug-likeness (QED) is 0.863. The number of thioether (sulfide) groups is 1. The van der Waals surface area contributed by atoms with E-state index in [9.17, 15) is 14.4 Å². The molecule has 1 N–H and O–H groups in total. The molecule has 0 radical (unpaired) electrons. The van der Waals surface area contributed by atoms with Crippen LogP contribution in [0.3, 0.4) is 0 Å². The molecule has 2 amide bonds. The van der Waals surface area contributed by atoms with Gasteiger partial charge in [-0.15, -0.1) is 11.8 Å². The van der Waals surface area contributed by atoms with Crippen LogP contribution in [0.2, 0.25) is 5.02 Å². The van der Waals surface area contributed by atoms with Crippen molar-refractivity contribution >= 4 is 46.6 Å². The van der Waals surface area contributed by atoms with Gasteiger partial charge >= 0.3 is 0 Å². The number of hydrogen-bond acceptors (Lipinski definition) is 5. The number of anilines is 2. The van der Waals surface area contributed by atoms with E-state index in [1.54, 1.807) is 32.0 Å². The van der Waals surface area contributed by atoms with Crippen molar-refractivity contribution < 1.29 is 9.59 Å². The predicted octanol–water partition coefficient (Wildman–Crippen LogP) is 2.30. The Labute approximate surface area is 159 Å². The molecular formula is C17H17ClN4O3S. The second-order valence-corrected chi connectivity index (χ2v) is 7.13. The van der Waals surface area contributed by atoms with Gasteiger partial charge in [-0.2, -0.15) is 5.10 Å². The summed E-state index contributed by atoms with van der Waals surface area (Å²) in [7, 11) is 0. The summed E-state index contributed by atoms with van der Waals surface area (Å²) >= 11 is 7.33. The van der Waals surface area contributed by atoms with Crippen molar-refractivity contribution in [3.05, 3.63) is 45.3 Å². The van der Waals surface area contributed by atoms with E-state index in [1.165, 1.54) is 22.9 Å². The fraction of sp³-hybridized carbons (Fsp3) is 0.294. The van der Waals surface area contributed by atoms with Gasteiger partial charge in [0.15, 0.2) is 0 Å². The van der Waals surface area contributed by atoms with Crippen molar-refractivity contribution in [2.75, 3.05) is 22.5 Å². The standard InChI is InChI=1S/C17H17ClN4O3S/c1-3-21-15(24)9-26-13-7-19-22(17(25)16(13)21)8-14(23)20-12-6-4-5-11(18)10(12)2/h4-7H,3,8-9H2,1-2H3,(H,20,23). The Morgan fingerprint density at radius 1 is 1.38 bits per heavy atom. The highest BCUT2D eigenvalue weighted by Crippen LogP contribution is 2.31. The van der Waals surface area contributed by atoms with Gasteiger partial charge in [0.25, 0.3) is 5.56 Å². The van der Waals surface area contributed by atoms with E-state index >= 15 is 0 Å². The van der Waals surface area contributed by atoms with E-state index in [2.05, 4.69) is 10.4 Å². The second kappa shape index (κ2) is 7.51. The molecule has 9 heteroatoms. The summed E-state index contributed by atoms with van der Waals surface area (Å²) in [5, 5.41) is 7.34. The van der Waals surface area contributed by atoms with Gasteiger partial charge in [-0.1, -0.05) is 17.7 Å². The average Bonchev–Trinajstić information content (AvgIpc) is 2.61. The van der Waals surface area contributed by atoms with Crippen molar-refractivity contribution in [3.63, 3.8) is 0 Å². The Morgan fingerprint density at radius 3 is 2.88 bits per heavy atom. The van der Waals surface area contributed by atoms with E-state index < -0.39 is 11.5 Å². The van der Waals surface area contributed by atoms with Gasteiger partial charge in [0, 0.05) is 17.3 Å². The first-order chi connectivity index (χ1) is 12.4. The van der Waals surface area contributed by atoms with Gasteiger partial charge in [0.1, 0.15) is 12.2 Å². The summed E-state index contributed by atoms with van der Waals surface area (Å²) in [6, 6.07) is 5.20. The summed E-state index contributed by atoms with van der Waals surface area (Å²) in [4.78, 5) is 39.2. The summed E-state index contributed by atoms with van der Waals surface area (Å²) < 4.78 is 1.07. The number of carbonyl (C=O) groups excluding carboxylic acids is 2. The Hall–Kier alpha value is -2.32. The molecule has 0 spiro atoms. The van der Waals surface area contributed by atoms with Crippen LogP contribution in [-0.4, -0.2) is 33.9 Å². The highest BCUT2D eigenvalue weighted by atomic mass is 35.5. The van der Waals surface area contributed by atoms with E-state index in [0.717, 1.165) is 10.2 Å². The van der Waals surface area contributed by atoms with E-state index in [1.807, 2.05) is 0 Å². The van der Waals surface area contributed by atoms with Crippen LogP contribution < -0.4 is 15.8 Å². The third kappa shape index (κ3) is 3.47. The van der Waals surface area contributed by atoms with Gasteiger partial charge in [0.05, 0.1) is 16.8 Å². The third-order valence-corrected chi connectivity index (χ3v) is 5.47. The largest absolute Gasteiger partial charge is 0.324 e. The van der Waals surface area contributed by atoms with Crippen LogP contribution >= 0.6 is 23.4 Å². The van der Waals surface area contributed by atoms with E-state index in [4.69, 9.17) is 11.6 Å². The van der Waals surface area contributed by atoms with Crippen LogP contribution in [0.25, 0.3) is 0 Å². The molecule has 2 heterocycles. The number of nitrogens with zero attached hydrogens (tertiary/aromatic N) is 3. The molecule has 0 saturated carbocycles. The summed E-state index contributed by atoms with van der Waals surface area (Å²) in [6.07, 6.45) is 1.52. The molecule has 0 fully saturated rings. The number of amides is 2. The van der Waals surface area contributed by atoms with Crippen LogP contribution in [0.4, 0.5) is 11.4 Å². The summed E-state index contributed by atoms with van der Waals surface area (Å²) in [5.74, 6) is -0.248. The number of benzene rings is 1. The van der Waals surface area contributed by atoms with E-state index in [-0.39, 0.29) is 23.9 Å². The number of fused-ring (bicyclic) bond motifs is 1. The third-order valence-electron chi connectivity index (χ3n) is 4.06. The minimum atomic E-state index is -0.456. The van der Waals surface area contributed by atoms with Crippen LogP contribution in [-0.2, 0) is 16.1 Å². The van der Waals surface area contributed by atoms with Crippen LogP contribution in [0.15, 0.2) is 34.1 Å². The molecule has 1 aromatic heterocycles. The molecule has 7 nitrogen and oxygen atoms in total. The molecule has 1 aromatic carbocycles. The minimum absolute atomic E-state index is 0.126. The predicted molar refractivity (Wildman–Crippen MR) is 102 cm³/mol. The van der Waals surface area contributed by atoms with E-state index in [0.29, 0.717) is 22.2 Å². The molecule has 0 aliphatic carbocycles. The summed E-state index contributed by atoms with van der Waals surface area (Å²) in [6.45, 7) is 3.73. The lowest BCUT2D eigenvalue weighted by Crippen LogP contribution is -2.42. The lowest BCUT2D eigenvalue weighted by molar-refractivity contribution is -0.117. The lowest BCUT2D eigenvalue weighted by Gasteiger charge is -2.27. The number of hydrogen-bond donors (Lipinski definition) is 1. The molecular weight excluding hydrogens is 376 g/mol. The van der Waals surface area contributed by atoms with Crippen LogP contribution in [0.5, 0.6) is 0 Å². The number of nitrogens with one attached hydrogen (secondary N) is 1. The second-order valence-electron chi connectivity index (χ2n) is 5.71. The number of carbonyl (C=O) groups is 2. The molecule has 0 unspecified atom stereocenters. The molecule has 1 aliphatic heterocycles. The van der Waals surface area contributed by atoms with Crippen LogP contribution in [0.1, 0.15) is 12.5 Å². The zero-order chi connectivity index (χ0) is 18.8. The normalized spacial score (nSPS) is 13.5. The molecule has 2 aromatic rings. The Kier molecular flexibility index (Phi) is 5.33. The molecule has 0 atom stereocenters. The van der Waals surface area contributed by atoms with Crippen molar-refractivity contribution in [2.45, 2.75) is 25.3 Å². The molecule has 3 rings (SSSR count). The topological polar surface area (TPSA) is 84.3 Å². The molecule has 0 saturated heterocycles. The van der Waals surface area contributed by atoms with Crippen molar-refractivity contribution in [1.82, 2.24) is 9.78 Å². The Morgan fingerprint density at radius 2 is 2.15 bits per heavy atom. The van der Waals surface area contributed by atoms with Gasteiger partial charge in [-0.25, -0.2) is 4.68 Å². The molecule has 26 heavy (non-hydrogen) atoms. The van der Waals surface area contributed by atoms with Gasteiger partial charge in [0.2, 0.25) is 11.8 Å². The van der Waals surface area contributed by atoms with Gasteiger partial charge in [-0.05, 0) is 31.5 Å². The lowest BCUT2D eigenvalue weighted by atomic mass is 10.2. The van der Waals surface area contributed by atoms with Crippen LogP contribution in [0, 0.1) is 6.92 Å². The minimum Gasteiger partial charge on any atom is -0.324 e. The highest BCUT2D eigenvalue weighted by molar-refractivity contribution is 8.00. The fourth-order valence-electron chi connectivity index (χ4n) is 2.68. The number of aromatic nitrogens is 2. The zero-order valence-corrected chi connectivity index (χ0v) is 15.9. The Bertz CT molecular complexity index is 944. The molecule has 1 aliphatic rings. The first-order valence-corrected chi connectivity index (χ1v) is 9.37. The smallest absolute Gasteiger partial charge is 0.292 e. The average molecular weight is 393 g/mol. The van der Waals surface area contributed by atoms with Crippen molar-refractivity contribution in [1.29, 1.82) is 0 Å². The fourth-order valence-corrected chi connectivity index (χ4v) is 3.74. The SMILES string of the molecule is CCN1C(=O)CSc2cnn(CC(=O)Nc3cccc(Cl)c3C)c(=O)c21. The first-order valence-electron chi connectivity index (χ1n) is 8.00. The number of rotatable bonds is 4. The Balaban J connectivity index is 1.86. The molecule has 136 valence electrons.